The summed E-state index contributed by atoms with van der Waals surface area (Å²) < 4.78 is 30.6. The van der Waals surface area contributed by atoms with Crippen LogP contribution in [0.25, 0.3) is 0 Å². The van der Waals surface area contributed by atoms with Crippen LogP contribution in [0.4, 0.5) is 0 Å². The predicted molar refractivity (Wildman–Crippen MR) is 84.9 cm³/mol. The SMILES string of the molecule is CC1(N)CC1OS(=O)(=O)N1C[C@H](CCCB(O)O)[C@](N)(C(=O)O)C1. The Kier molecular flexibility index (Phi) is 5.32. The molecule has 2 unspecified atom stereocenters. The lowest BCUT2D eigenvalue weighted by molar-refractivity contribution is -0.144. The maximum atomic E-state index is 12.3. The van der Waals surface area contributed by atoms with E-state index in [-0.39, 0.29) is 19.3 Å². The van der Waals surface area contributed by atoms with E-state index in [1.165, 1.54) is 0 Å². The van der Waals surface area contributed by atoms with Gasteiger partial charge in [-0.05, 0) is 26.1 Å². The second kappa shape index (κ2) is 6.52. The van der Waals surface area contributed by atoms with Gasteiger partial charge in [0.25, 0.3) is 0 Å². The summed E-state index contributed by atoms with van der Waals surface area (Å²) in [7, 11) is -5.63. The zero-order valence-corrected chi connectivity index (χ0v) is 14.3. The highest BCUT2D eigenvalue weighted by atomic mass is 32.2. The first-order valence-electron chi connectivity index (χ1n) is 7.74. The number of nitrogens with two attached hydrogens (primary N) is 2. The molecule has 0 amide bonds. The molecule has 1 aliphatic carbocycles. The van der Waals surface area contributed by atoms with Crippen molar-refractivity contribution in [3.63, 3.8) is 0 Å². The van der Waals surface area contributed by atoms with Crippen molar-refractivity contribution < 1.29 is 32.5 Å². The molecule has 24 heavy (non-hydrogen) atoms. The van der Waals surface area contributed by atoms with Gasteiger partial charge in [-0.25, -0.2) is 0 Å². The maximum Gasteiger partial charge on any atom is 0.451 e. The Hall–Kier alpha value is -0.755. The summed E-state index contributed by atoms with van der Waals surface area (Å²) >= 11 is 0. The van der Waals surface area contributed by atoms with Crippen molar-refractivity contribution in [1.82, 2.24) is 4.31 Å². The topological polar surface area (TPSA) is 176 Å². The number of carbonyl (C=O) groups is 1. The van der Waals surface area contributed by atoms with Crippen molar-refractivity contribution in [2.24, 2.45) is 17.4 Å². The zero-order chi connectivity index (χ0) is 18.3. The molecule has 0 radical (unpaired) electrons. The van der Waals surface area contributed by atoms with Crippen LogP contribution in [0.15, 0.2) is 0 Å². The lowest BCUT2D eigenvalue weighted by atomic mass is 9.78. The number of nitrogens with zero attached hydrogens (tertiary/aromatic N) is 1. The van der Waals surface area contributed by atoms with Crippen LogP contribution in [0.5, 0.6) is 0 Å². The van der Waals surface area contributed by atoms with Gasteiger partial charge in [0.15, 0.2) is 0 Å². The Balaban J connectivity index is 2.06. The molecule has 0 aromatic heterocycles. The van der Waals surface area contributed by atoms with E-state index in [1.54, 1.807) is 6.92 Å². The average Bonchev–Trinajstić information content (AvgIpc) is 2.85. The average molecular weight is 365 g/mol. The molecule has 1 saturated carbocycles. The monoisotopic (exact) mass is 365 g/mol. The highest BCUT2D eigenvalue weighted by molar-refractivity contribution is 7.84. The van der Waals surface area contributed by atoms with Crippen molar-refractivity contribution in [1.29, 1.82) is 0 Å². The van der Waals surface area contributed by atoms with Gasteiger partial charge in [-0.1, -0.05) is 6.42 Å². The van der Waals surface area contributed by atoms with Crippen LogP contribution < -0.4 is 11.5 Å². The van der Waals surface area contributed by atoms with E-state index in [2.05, 4.69) is 0 Å². The molecule has 1 saturated heterocycles. The van der Waals surface area contributed by atoms with Gasteiger partial charge < -0.3 is 26.6 Å². The molecule has 12 heteroatoms. The summed E-state index contributed by atoms with van der Waals surface area (Å²) in [6, 6.07) is 0. The quantitative estimate of drug-likeness (QED) is 0.296. The van der Waals surface area contributed by atoms with E-state index in [1.807, 2.05) is 0 Å². The second-order valence-corrected chi connectivity index (χ2v) is 8.56. The maximum absolute atomic E-state index is 12.3. The Morgan fingerprint density at radius 3 is 2.46 bits per heavy atom. The molecule has 0 spiro atoms. The summed E-state index contributed by atoms with van der Waals surface area (Å²) in [6.07, 6.45) is 0.411. The molecule has 138 valence electrons. The summed E-state index contributed by atoms with van der Waals surface area (Å²) in [6.45, 7) is 1.18. The van der Waals surface area contributed by atoms with Crippen LogP contribution in [-0.2, 0) is 19.3 Å². The third-order valence-electron chi connectivity index (χ3n) is 4.76. The van der Waals surface area contributed by atoms with E-state index < -0.39 is 53.0 Å². The number of hydrogen-bond acceptors (Lipinski definition) is 8. The van der Waals surface area contributed by atoms with E-state index in [4.69, 9.17) is 25.7 Å². The summed E-state index contributed by atoms with van der Waals surface area (Å²) in [5, 5.41) is 27.1. The minimum Gasteiger partial charge on any atom is -0.480 e. The van der Waals surface area contributed by atoms with Crippen LogP contribution in [-0.4, -0.2) is 71.2 Å². The smallest absolute Gasteiger partial charge is 0.451 e. The van der Waals surface area contributed by atoms with Crippen molar-refractivity contribution >= 4 is 23.4 Å². The molecular weight excluding hydrogens is 341 g/mol. The van der Waals surface area contributed by atoms with Gasteiger partial charge in [0.1, 0.15) is 5.54 Å². The molecule has 2 fully saturated rings. The van der Waals surface area contributed by atoms with Crippen LogP contribution in [0.3, 0.4) is 0 Å². The minimum absolute atomic E-state index is 0.0586. The van der Waals surface area contributed by atoms with Gasteiger partial charge in [0.2, 0.25) is 0 Å². The highest BCUT2D eigenvalue weighted by Crippen LogP contribution is 2.39. The van der Waals surface area contributed by atoms with Crippen molar-refractivity contribution in [3.05, 3.63) is 0 Å². The fourth-order valence-corrected chi connectivity index (χ4v) is 4.33. The first-order valence-corrected chi connectivity index (χ1v) is 9.10. The summed E-state index contributed by atoms with van der Waals surface area (Å²) in [5.41, 5.74) is 9.26. The molecule has 7 N–H and O–H groups in total. The Morgan fingerprint density at radius 2 is 2.00 bits per heavy atom. The number of carboxylic acids is 1. The zero-order valence-electron chi connectivity index (χ0n) is 13.5. The Morgan fingerprint density at radius 1 is 1.42 bits per heavy atom. The molecule has 4 atom stereocenters. The standard InChI is InChI=1S/C12H24BN3O7S/c1-11(14)5-9(11)23-24(21,22)16-6-8(3-2-4-13(19)20)12(15,7-16)10(17)18/h8-9,19-20H,2-7,14-15H2,1H3,(H,17,18)/t8-,9?,11?,12-/m0/s1. The highest BCUT2D eigenvalue weighted by Gasteiger charge is 2.56. The first-order chi connectivity index (χ1) is 10.9. The van der Waals surface area contributed by atoms with Crippen molar-refractivity contribution in [2.45, 2.75) is 49.7 Å². The van der Waals surface area contributed by atoms with Crippen LogP contribution in [0, 0.1) is 5.92 Å². The Labute approximate surface area is 141 Å². The van der Waals surface area contributed by atoms with Gasteiger partial charge in [0.05, 0.1) is 6.10 Å². The van der Waals surface area contributed by atoms with E-state index in [0.717, 1.165) is 4.31 Å². The van der Waals surface area contributed by atoms with E-state index >= 15 is 0 Å². The first kappa shape index (κ1) is 19.6. The molecule has 0 aromatic carbocycles. The predicted octanol–water partition coefficient (Wildman–Crippen LogP) is -2.30. The van der Waals surface area contributed by atoms with Crippen molar-refractivity contribution in [3.8, 4) is 0 Å². The number of carboxylic acid groups (broad SMARTS) is 1. The third kappa shape index (κ3) is 4.07. The molecule has 2 rings (SSSR count). The molecular formula is C12H24BN3O7S. The van der Waals surface area contributed by atoms with E-state index in [9.17, 15) is 18.3 Å². The second-order valence-electron chi connectivity index (χ2n) is 7.00. The molecule has 1 aliphatic heterocycles. The lowest BCUT2D eigenvalue weighted by Gasteiger charge is -2.25. The summed E-state index contributed by atoms with van der Waals surface area (Å²) in [4.78, 5) is 11.5. The van der Waals surface area contributed by atoms with Crippen LogP contribution >= 0.6 is 0 Å². The lowest BCUT2D eigenvalue weighted by Crippen LogP contribution is -2.55. The van der Waals surface area contributed by atoms with E-state index in [0.29, 0.717) is 12.8 Å². The molecule has 0 bridgehead atoms. The van der Waals surface area contributed by atoms with Gasteiger partial charge in [-0.2, -0.15) is 12.7 Å². The van der Waals surface area contributed by atoms with Gasteiger partial charge in [-0.3, -0.25) is 8.98 Å². The fourth-order valence-electron chi connectivity index (χ4n) is 2.89. The number of hydrogen-bond donors (Lipinski definition) is 5. The minimum atomic E-state index is -4.14. The Bertz CT molecular complexity index is 599. The van der Waals surface area contributed by atoms with Gasteiger partial charge >= 0.3 is 23.4 Å². The number of rotatable bonds is 8. The third-order valence-corrected chi connectivity index (χ3v) is 6.14. The normalized spacial score (nSPS) is 36.7. The fraction of sp³-hybridized carbons (Fsp3) is 0.917. The van der Waals surface area contributed by atoms with Crippen LogP contribution in [0.1, 0.15) is 26.2 Å². The van der Waals surface area contributed by atoms with Crippen LogP contribution in [0.2, 0.25) is 6.32 Å². The molecule has 10 nitrogen and oxygen atoms in total. The summed E-state index contributed by atoms with van der Waals surface area (Å²) in [5.74, 6) is -1.96. The number of aliphatic carboxylic acids is 1. The van der Waals surface area contributed by atoms with Gasteiger partial charge in [0, 0.05) is 24.5 Å². The molecule has 0 aromatic rings. The largest absolute Gasteiger partial charge is 0.480 e. The van der Waals surface area contributed by atoms with Crippen molar-refractivity contribution in [2.75, 3.05) is 13.1 Å². The van der Waals surface area contributed by atoms with Gasteiger partial charge in [-0.15, -0.1) is 0 Å². The molecule has 2 aliphatic rings. The molecule has 1 heterocycles.